The van der Waals surface area contributed by atoms with Gasteiger partial charge in [-0.25, -0.2) is 4.98 Å². The minimum absolute atomic E-state index is 0.678. The van der Waals surface area contributed by atoms with Crippen LogP contribution in [0.5, 0.6) is 0 Å². The van der Waals surface area contributed by atoms with Gasteiger partial charge in [0.15, 0.2) is 5.58 Å². The largest absolute Gasteiger partial charge is 0.438 e. The highest BCUT2D eigenvalue weighted by atomic mass is 79.9. The fraction of sp³-hybridized carbons (Fsp3) is 0.300. The molecule has 3 nitrogen and oxygen atoms in total. The Morgan fingerprint density at radius 3 is 3.07 bits per heavy atom. The SMILES string of the molecule is CCNCc1nc2cccc(Br)c2o1. The van der Waals surface area contributed by atoms with Gasteiger partial charge in [0.05, 0.1) is 11.0 Å². The fourth-order valence-corrected chi connectivity index (χ4v) is 1.71. The van der Waals surface area contributed by atoms with Crippen LogP contribution in [-0.2, 0) is 6.54 Å². The summed E-state index contributed by atoms with van der Waals surface area (Å²) >= 11 is 3.42. The summed E-state index contributed by atoms with van der Waals surface area (Å²) in [5.74, 6) is 0.730. The lowest BCUT2D eigenvalue weighted by Gasteiger charge is -1.93. The van der Waals surface area contributed by atoms with Crippen molar-refractivity contribution in [2.75, 3.05) is 6.54 Å². The number of hydrogen-bond donors (Lipinski definition) is 1. The molecule has 0 fully saturated rings. The molecule has 0 saturated carbocycles. The zero-order valence-corrected chi connectivity index (χ0v) is 9.47. The molecule has 4 heteroatoms. The number of aromatic nitrogens is 1. The van der Waals surface area contributed by atoms with E-state index in [-0.39, 0.29) is 0 Å². The third-order valence-electron chi connectivity index (χ3n) is 1.94. The monoisotopic (exact) mass is 254 g/mol. The van der Waals surface area contributed by atoms with Gasteiger partial charge in [0.1, 0.15) is 5.52 Å². The van der Waals surface area contributed by atoms with E-state index in [9.17, 15) is 0 Å². The number of rotatable bonds is 3. The second-order valence-electron chi connectivity index (χ2n) is 2.98. The average molecular weight is 255 g/mol. The molecule has 0 radical (unpaired) electrons. The van der Waals surface area contributed by atoms with E-state index >= 15 is 0 Å². The van der Waals surface area contributed by atoms with Crippen molar-refractivity contribution in [3.05, 3.63) is 28.6 Å². The number of oxazole rings is 1. The van der Waals surface area contributed by atoms with Gasteiger partial charge < -0.3 is 9.73 Å². The van der Waals surface area contributed by atoms with Crippen LogP contribution < -0.4 is 5.32 Å². The maximum Gasteiger partial charge on any atom is 0.209 e. The van der Waals surface area contributed by atoms with Crippen molar-refractivity contribution in [2.45, 2.75) is 13.5 Å². The predicted molar refractivity (Wildman–Crippen MR) is 59.1 cm³/mol. The second-order valence-corrected chi connectivity index (χ2v) is 3.83. The van der Waals surface area contributed by atoms with Crippen molar-refractivity contribution in [1.82, 2.24) is 10.3 Å². The highest BCUT2D eigenvalue weighted by Crippen LogP contribution is 2.24. The summed E-state index contributed by atoms with van der Waals surface area (Å²) in [6.07, 6.45) is 0. The summed E-state index contributed by atoms with van der Waals surface area (Å²) in [4.78, 5) is 4.35. The van der Waals surface area contributed by atoms with E-state index in [0.717, 1.165) is 28.0 Å². The number of nitrogens with one attached hydrogen (secondary N) is 1. The van der Waals surface area contributed by atoms with Gasteiger partial charge in [-0.2, -0.15) is 0 Å². The Bertz CT molecular complexity index is 439. The van der Waals surface area contributed by atoms with Crippen molar-refractivity contribution in [2.24, 2.45) is 0 Å². The Kier molecular flexibility index (Phi) is 2.84. The van der Waals surface area contributed by atoms with Crippen LogP contribution in [0.4, 0.5) is 0 Å². The van der Waals surface area contributed by atoms with Crippen LogP contribution in [0.25, 0.3) is 11.1 Å². The summed E-state index contributed by atoms with van der Waals surface area (Å²) in [6, 6.07) is 5.84. The van der Waals surface area contributed by atoms with E-state index in [4.69, 9.17) is 4.42 Å². The molecule has 0 saturated heterocycles. The van der Waals surface area contributed by atoms with Crippen LogP contribution in [-0.4, -0.2) is 11.5 Å². The average Bonchev–Trinajstić information content (AvgIpc) is 2.59. The first kappa shape index (κ1) is 9.68. The minimum atomic E-state index is 0.678. The Morgan fingerprint density at radius 2 is 2.36 bits per heavy atom. The quantitative estimate of drug-likeness (QED) is 0.916. The van der Waals surface area contributed by atoms with Gasteiger partial charge in [-0.3, -0.25) is 0 Å². The summed E-state index contributed by atoms with van der Waals surface area (Å²) in [5.41, 5.74) is 1.72. The lowest BCUT2D eigenvalue weighted by molar-refractivity contribution is 0.500. The maximum atomic E-state index is 5.58. The summed E-state index contributed by atoms with van der Waals surface area (Å²) in [5, 5.41) is 3.17. The first-order valence-electron chi connectivity index (χ1n) is 4.56. The van der Waals surface area contributed by atoms with Crippen molar-refractivity contribution < 1.29 is 4.42 Å². The molecule has 0 aliphatic heterocycles. The van der Waals surface area contributed by atoms with Crippen LogP contribution in [0, 0.1) is 0 Å². The van der Waals surface area contributed by atoms with Crippen molar-refractivity contribution >= 4 is 27.0 Å². The van der Waals surface area contributed by atoms with E-state index in [1.165, 1.54) is 0 Å². The minimum Gasteiger partial charge on any atom is -0.438 e. The highest BCUT2D eigenvalue weighted by molar-refractivity contribution is 9.10. The molecule has 2 rings (SSSR count). The van der Waals surface area contributed by atoms with E-state index in [0.29, 0.717) is 6.54 Å². The van der Waals surface area contributed by atoms with Crippen LogP contribution in [0.1, 0.15) is 12.8 Å². The van der Waals surface area contributed by atoms with Crippen LogP contribution >= 0.6 is 15.9 Å². The molecule has 1 N–H and O–H groups in total. The highest BCUT2D eigenvalue weighted by Gasteiger charge is 2.06. The topological polar surface area (TPSA) is 38.1 Å². The molecule has 14 heavy (non-hydrogen) atoms. The van der Waals surface area contributed by atoms with Gasteiger partial charge in [0.25, 0.3) is 0 Å². The molecule has 0 amide bonds. The fourth-order valence-electron chi connectivity index (χ4n) is 1.27. The van der Waals surface area contributed by atoms with Crippen molar-refractivity contribution in [3.8, 4) is 0 Å². The molecular formula is C10H11BrN2O. The standard InChI is InChI=1S/C10H11BrN2O/c1-2-12-6-9-13-8-5-3-4-7(11)10(8)14-9/h3-5,12H,2,6H2,1H3. The Balaban J connectivity index is 2.36. The molecule has 2 aromatic rings. The second kappa shape index (κ2) is 4.11. The van der Waals surface area contributed by atoms with Gasteiger partial charge in [0.2, 0.25) is 5.89 Å². The number of fused-ring (bicyclic) bond motifs is 1. The number of benzene rings is 1. The van der Waals surface area contributed by atoms with Crippen molar-refractivity contribution in [3.63, 3.8) is 0 Å². The first-order valence-corrected chi connectivity index (χ1v) is 5.35. The molecule has 0 atom stereocenters. The van der Waals surface area contributed by atoms with Crippen LogP contribution in [0.3, 0.4) is 0 Å². The van der Waals surface area contributed by atoms with Gasteiger partial charge in [0, 0.05) is 0 Å². The number of halogens is 1. The van der Waals surface area contributed by atoms with Gasteiger partial charge in [-0.1, -0.05) is 13.0 Å². The predicted octanol–water partition coefficient (Wildman–Crippen LogP) is 2.70. The third-order valence-corrected chi connectivity index (χ3v) is 2.56. The van der Waals surface area contributed by atoms with E-state index in [2.05, 4.69) is 33.2 Å². The summed E-state index contributed by atoms with van der Waals surface area (Å²) in [7, 11) is 0. The third kappa shape index (κ3) is 1.81. The molecule has 0 aliphatic carbocycles. The molecule has 74 valence electrons. The molecule has 1 heterocycles. The zero-order chi connectivity index (χ0) is 9.97. The molecule has 0 bridgehead atoms. The Hall–Kier alpha value is -0.870. The Morgan fingerprint density at radius 1 is 1.50 bits per heavy atom. The maximum absolute atomic E-state index is 5.58. The van der Waals surface area contributed by atoms with E-state index in [1.807, 2.05) is 18.2 Å². The lowest BCUT2D eigenvalue weighted by atomic mass is 10.3. The van der Waals surface area contributed by atoms with Gasteiger partial charge >= 0.3 is 0 Å². The molecule has 0 unspecified atom stereocenters. The summed E-state index contributed by atoms with van der Waals surface area (Å²) < 4.78 is 6.53. The normalized spacial score (nSPS) is 11.0. The molecular weight excluding hydrogens is 244 g/mol. The Labute approximate surface area is 90.6 Å². The molecule has 0 aliphatic rings. The van der Waals surface area contributed by atoms with Gasteiger partial charge in [-0.15, -0.1) is 0 Å². The smallest absolute Gasteiger partial charge is 0.209 e. The number of nitrogens with zero attached hydrogens (tertiary/aromatic N) is 1. The number of para-hydroxylation sites is 1. The van der Waals surface area contributed by atoms with Crippen molar-refractivity contribution in [1.29, 1.82) is 0 Å². The van der Waals surface area contributed by atoms with Crippen LogP contribution in [0.15, 0.2) is 27.1 Å². The van der Waals surface area contributed by atoms with Gasteiger partial charge in [-0.05, 0) is 34.6 Å². The number of hydrogen-bond acceptors (Lipinski definition) is 3. The van der Waals surface area contributed by atoms with E-state index in [1.54, 1.807) is 0 Å². The molecule has 1 aromatic carbocycles. The lowest BCUT2D eigenvalue weighted by Crippen LogP contribution is -2.11. The van der Waals surface area contributed by atoms with Crippen LogP contribution in [0.2, 0.25) is 0 Å². The first-order chi connectivity index (χ1) is 6.81. The van der Waals surface area contributed by atoms with E-state index < -0.39 is 0 Å². The molecule has 1 aromatic heterocycles. The molecule has 0 spiro atoms. The summed E-state index contributed by atoms with van der Waals surface area (Å²) in [6.45, 7) is 3.65. The zero-order valence-electron chi connectivity index (χ0n) is 7.88.